The van der Waals surface area contributed by atoms with Gasteiger partial charge in [0.2, 0.25) is 6.43 Å². The van der Waals surface area contributed by atoms with Gasteiger partial charge in [-0.15, -0.1) is 18.2 Å². The molecular formula is C9H15ClF2. The van der Waals surface area contributed by atoms with Crippen LogP contribution in [0.25, 0.3) is 0 Å². The predicted molar refractivity (Wildman–Crippen MR) is 48.9 cm³/mol. The van der Waals surface area contributed by atoms with Crippen LogP contribution in [0.2, 0.25) is 0 Å². The van der Waals surface area contributed by atoms with E-state index >= 15 is 0 Å². The molecule has 0 saturated carbocycles. The highest BCUT2D eigenvalue weighted by Crippen LogP contribution is 2.27. The first-order valence-corrected chi connectivity index (χ1v) is 4.55. The Morgan fingerprint density at radius 2 is 2.17 bits per heavy atom. The lowest BCUT2D eigenvalue weighted by atomic mass is 9.87. The van der Waals surface area contributed by atoms with Crippen molar-refractivity contribution in [3.05, 3.63) is 12.7 Å². The molecule has 1 atom stereocenters. The average molecular weight is 197 g/mol. The van der Waals surface area contributed by atoms with E-state index in [0.29, 0.717) is 18.7 Å². The van der Waals surface area contributed by atoms with E-state index in [0.717, 1.165) is 0 Å². The largest absolute Gasteiger partial charge is 0.238 e. The molecule has 0 aliphatic heterocycles. The van der Waals surface area contributed by atoms with E-state index in [1.807, 2.05) is 6.92 Å². The molecule has 1 unspecified atom stereocenters. The zero-order valence-electron chi connectivity index (χ0n) is 7.32. The lowest BCUT2D eigenvalue weighted by Gasteiger charge is -2.22. The highest BCUT2D eigenvalue weighted by Gasteiger charge is 2.18. The fourth-order valence-corrected chi connectivity index (χ4v) is 1.13. The first-order chi connectivity index (χ1) is 5.54. The van der Waals surface area contributed by atoms with Crippen molar-refractivity contribution in [2.75, 3.05) is 5.88 Å². The van der Waals surface area contributed by atoms with Gasteiger partial charge >= 0.3 is 0 Å². The van der Waals surface area contributed by atoms with E-state index in [1.165, 1.54) is 0 Å². The van der Waals surface area contributed by atoms with Crippen LogP contribution in [0.3, 0.4) is 0 Å². The van der Waals surface area contributed by atoms with E-state index in [4.69, 9.17) is 11.6 Å². The maximum atomic E-state index is 11.8. The van der Waals surface area contributed by atoms with E-state index in [2.05, 4.69) is 6.58 Å². The van der Waals surface area contributed by atoms with Gasteiger partial charge in [-0.1, -0.05) is 13.0 Å². The van der Waals surface area contributed by atoms with E-state index in [9.17, 15) is 8.78 Å². The molecule has 0 aromatic rings. The van der Waals surface area contributed by atoms with Crippen molar-refractivity contribution in [3.63, 3.8) is 0 Å². The molecule has 0 nitrogen and oxygen atoms in total. The standard InChI is InChI=1S/C9H15ClF2/c1-3-9(2,7-10)6-4-5-8(11)12/h3,8H,1,4-7H2,2H3. The molecule has 0 aromatic heterocycles. The third-order valence-corrected chi connectivity index (χ3v) is 2.58. The van der Waals surface area contributed by atoms with Crippen LogP contribution in [0.4, 0.5) is 8.78 Å². The molecule has 0 aromatic carbocycles. The van der Waals surface area contributed by atoms with Crippen LogP contribution in [-0.4, -0.2) is 12.3 Å². The van der Waals surface area contributed by atoms with Gasteiger partial charge in [-0.25, -0.2) is 8.78 Å². The number of hydrogen-bond donors (Lipinski definition) is 0. The summed E-state index contributed by atoms with van der Waals surface area (Å²) in [7, 11) is 0. The van der Waals surface area contributed by atoms with Crippen molar-refractivity contribution in [2.24, 2.45) is 5.41 Å². The van der Waals surface area contributed by atoms with Gasteiger partial charge in [-0.2, -0.15) is 0 Å². The van der Waals surface area contributed by atoms with Crippen molar-refractivity contribution < 1.29 is 8.78 Å². The molecule has 0 heterocycles. The minimum absolute atomic E-state index is 0.0414. The van der Waals surface area contributed by atoms with Gasteiger partial charge in [0, 0.05) is 12.3 Å². The Morgan fingerprint density at radius 3 is 2.50 bits per heavy atom. The second-order valence-corrected chi connectivity index (χ2v) is 3.54. The van der Waals surface area contributed by atoms with Crippen LogP contribution >= 0.6 is 11.6 Å². The third-order valence-electron chi connectivity index (χ3n) is 1.97. The van der Waals surface area contributed by atoms with Crippen molar-refractivity contribution >= 4 is 11.6 Å². The Hall–Kier alpha value is -0.110. The summed E-state index contributed by atoms with van der Waals surface area (Å²) in [5, 5.41) is 0. The predicted octanol–water partition coefficient (Wildman–Crippen LogP) is 3.85. The minimum atomic E-state index is -2.20. The number of alkyl halides is 3. The number of halogens is 3. The lowest BCUT2D eigenvalue weighted by molar-refractivity contribution is 0.130. The van der Waals surface area contributed by atoms with Crippen LogP contribution in [0.1, 0.15) is 26.2 Å². The maximum Gasteiger partial charge on any atom is 0.238 e. The minimum Gasteiger partial charge on any atom is -0.211 e. The van der Waals surface area contributed by atoms with E-state index in [1.54, 1.807) is 6.08 Å². The SMILES string of the molecule is C=CC(C)(CCl)CCCC(F)F. The first-order valence-electron chi connectivity index (χ1n) is 4.02. The highest BCUT2D eigenvalue weighted by molar-refractivity contribution is 6.18. The Bertz CT molecular complexity index is 136. The summed E-state index contributed by atoms with van der Waals surface area (Å²) >= 11 is 5.67. The van der Waals surface area contributed by atoms with Crippen LogP contribution in [0.15, 0.2) is 12.7 Å². The molecule has 0 N–H and O–H groups in total. The second-order valence-electron chi connectivity index (χ2n) is 3.28. The van der Waals surface area contributed by atoms with Crippen molar-refractivity contribution in [2.45, 2.75) is 32.6 Å². The maximum absolute atomic E-state index is 11.8. The quantitative estimate of drug-likeness (QED) is 0.447. The van der Waals surface area contributed by atoms with Gasteiger partial charge in [-0.05, 0) is 18.3 Å². The summed E-state index contributed by atoms with van der Waals surface area (Å²) in [6, 6.07) is 0. The number of hydrogen-bond acceptors (Lipinski definition) is 0. The van der Waals surface area contributed by atoms with Gasteiger partial charge in [-0.3, -0.25) is 0 Å². The summed E-state index contributed by atoms with van der Waals surface area (Å²) in [4.78, 5) is 0. The van der Waals surface area contributed by atoms with Crippen LogP contribution < -0.4 is 0 Å². The first kappa shape index (κ1) is 11.9. The Balaban J connectivity index is 3.66. The summed E-state index contributed by atoms with van der Waals surface area (Å²) in [5.41, 5.74) is -0.184. The van der Waals surface area contributed by atoms with Crippen molar-refractivity contribution in [1.82, 2.24) is 0 Å². The normalized spacial score (nSPS) is 16.1. The molecule has 3 heteroatoms. The summed E-state index contributed by atoms with van der Waals surface area (Å²) in [5.74, 6) is 0.444. The number of rotatable bonds is 6. The van der Waals surface area contributed by atoms with Gasteiger partial charge in [0.15, 0.2) is 0 Å². The summed E-state index contributed by atoms with van der Waals surface area (Å²) in [6.45, 7) is 5.56. The molecular weight excluding hydrogens is 182 g/mol. The fourth-order valence-electron chi connectivity index (χ4n) is 0.884. The van der Waals surface area contributed by atoms with Crippen LogP contribution in [0.5, 0.6) is 0 Å². The topological polar surface area (TPSA) is 0 Å². The summed E-state index contributed by atoms with van der Waals surface area (Å²) < 4.78 is 23.5. The molecule has 0 aliphatic rings. The van der Waals surface area contributed by atoms with Gasteiger partial charge in [0.1, 0.15) is 0 Å². The smallest absolute Gasteiger partial charge is 0.211 e. The zero-order valence-corrected chi connectivity index (χ0v) is 8.08. The second kappa shape index (κ2) is 5.52. The van der Waals surface area contributed by atoms with Gasteiger partial charge < -0.3 is 0 Å². The van der Waals surface area contributed by atoms with Gasteiger partial charge in [0.05, 0.1) is 0 Å². The molecule has 0 radical (unpaired) electrons. The molecule has 72 valence electrons. The Morgan fingerprint density at radius 1 is 1.58 bits per heavy atom. The molecule has 0 saturated heterocycles. The average Bonchev–Trinajstić information content (AvgIpc) is 2.03. The number of allylic oxidation sites excluding steroid dienone is 1. The van der Waals surface area contributed by atoms with Gasteiger partial charge in [0.25, 0.3) is 0 Å². The van der Waals surface area contributed by atoms with Crippen LogP contribution in [-0.2, 0) is 0 Å². The fraction of sp³-hybridized carbons (Fsp3) is 0.778. The summed E-state index contributed by atoms with van der Waals surface area (Å²) in [6.07, 6.45) is 0.692. The van der Waals surface area contributed by atoms with E-state index in [-0.39, 0.29) is 11.8 Å². The zero-order chi connectivity index (χ0) is 9.61. The van der Waals surface area contributed by atoms with Crippen molar-refractivity contribution in [1.29, 1.82) is 0 Å². The monoisotopic (exact) mass is 196 g/mol. The van der Waals surface area contributed by atoms with Crippen LogP contribution in [0, 0.1) is 5.41 Å². The Labute approximate surface area is 77.6 Å². The highest BCUT2D eigenvalue weighted by atomic mass is 35.5. The molecule has 0 fully saturated rings. The molecule has 0 spiro atoms. The lowest BCUT2D eigenvalue weighted by Crippen LogP contribution is -2.15. The molecule has 12 heavy (non-hydrogen) atoms. The molecule has 0 rings (SSSR count). The third kappa shape index (κ3) is 4.70. The van der Waals surface area contributed by atoms with E-state index < -0.39 is 6.43 Å². The van der Waals surface area contributed by atoms with Crippen molar-refractivity contribution in [3.8, 4) is 0 Å². The molecule has 0 bridgehead atoms. The Kier molecular flexibility index (Phi) is 5.47. The molecule has 0 aliphatic carbocycles. The molecule has 0 amide bonds.